The van der Waals surface area contributed by atoms with E-state index >= 15 is 0 Å². The van der Waals surface area contributed by atoms with E-state index in [0.717, 1.165) is 23.4 Å². The van der Waals surface area contributed by atoms with Gasteiger partial charge in [0, 0.05) is 30.9 Å². The molecule has 0 bridgehead atoms. The third-order valence-electron chi connectivity index (χ3n) is 6.29. The number of carbonyl (C=O) groups excluding carboxylic acids is 2. The standard InChI is InChI=1S/C26H27Cl2N3O5S/c1-34-20-8-7-17(22(35-2)23(20)36-3)26(33)31-11-9-15(10-12-31)25-30-19(14-37-25)24(32)29-13-16-5-4-6-18(27)21(16)28/h4-8,14-15H,9-13H2,1-3H3,(H,29,32). The number of piperidine rings is 1. The number of halogens is 2. The molecule has 1 aliphatic rings. The molecular weight excluding hydrogens is 537 g/mol. The summed E-state index contributed by atoms with van der Waals surface area (Å²) in [5.74, 6) is 1.00. The van der Waals surface area contributed by atoms with E-state index in [1.165, 1.54) is 32.7 Å². The van der Waals surface area contributed by atoms with Crippen LogP contribution in [0.3, 0.4) is 0 Å². The molecule has 0 spiro atoms. The zero-order valence-electron chi connectivity index (χ0n) is 20.7. The second-order valence-electron chi connectivity index (χ2n) is 8.41. The Morgan fingerprint density at radius 2 is 1.78 bits per heavy atom. The van der Waals surface area contributed by atoms with E-state index in [1.807, 2.05) is 6.07 Å². The van der Waals surface area contributed by atoms with Crippen LogP contribution in [0, 0.1) is 0 Å². The van der Waals surface area contributed by atoms with Crippen LogP contribution in [-0.4, -0.2) is 56.1 Å². The van der Waals surface area contributed by atoms with E-state index in [-0.39, 0.29) is 24.3 Å². The Morgan fingerprint density at radius 1 is 1.05 bits per heavy atom. The highest BCUT2D eigenvalue weighted by Crippen LogP contribution is 2.41. The maximum absolute atomic E-state index is 13.3. The molecule has 11 heteroatoms. The molecule has 2 heterocycles. The van der Waals surface area contributed by atoms with Crippen LogP contribution in [0.25, 0.3) is 0 Å². The van der Waals surface area contributed by atoms with Gasteiger partial charge in [-0.05, 0) is 36.6 Å². The van der Waals surface area contributed by atoms with Crippen LogP contribution >= 0.6 is 34.5 Å². The molecule has 37 heavy (non-hydrogen) atoms. The summed E-state index contributed by atoms with van der Waals surface area (Å²) >= 11 is 13.7. The van der Waals surface area contributed by atoms with Crippen LogP contribution < -0.4 is 19.5 Å². The summed E-state index contributed by atoms with van der Waals surface area (Å²) in [6, 6.07) is 8.69. The largest absolute Gasteiger partial charge is 0.493 e. The van der Waals surface area contributed by atoms with Gasteiger partial charge in [0.05, 0.1) is 41.9 Å². The topological polar surface area (TPSA) is 90.0 Å². The molecule has 0 atom stereocenters. The predicted molar refractivity (Wildman–Crippen MR) is 144 cm³/mol. The minimum atomic E-state index is -0.272. The fourth-order valence-corrected chi connectivity index (χ4v) is 5.66. The van der Waals surface area contributed by atoms with Crippen molar-refractivity contribution in [2.45, 2.75) is 25.3 Å². The van der Waals surface area contributed by atoms with E-state index in [0.29, 0.717) is 51.6 Å². The molecule has 2 aromatic carbocycles. The van der Waals surface area contributed by atoms with Crippen molar-refractivity contribution in [1.82, 2.24) is 15.2 Å². The van der Waals surface area contributed by atoms with Crippen molar-refractivity contribution in [3.8, 4) is 17.2 Å². The van der Waals surface area contributed by atoms with Gasteiger partial charge in [-0.2, -0.15) is 0 Å². The SMILES string of the molecule is COc1ccc(C(=O)N2CCC(c3nc(C(=O)NCc4cccc(Cl)c4Cl)cs3)CC2)c(OC)c1OC. The number of methoxy groups -OCH3 is 3. The number of amides is 2. The van der Waals surface area contributed by atoms with Crippen LogP contribution in [-0.2, 0) is 6.54 Å². The lowest BCUT2D eigenvalue weighted by molar-refractivity contribution is 0.0708. The summed E-state index contributed by atoms with van der Waals surface area (Å²) < 4.78 is 16.2. The quantitative estimate of drug-likeness (QED) is 0.393. The Labute approximate surface area is 229 Å². The first-order chi connectivity index (χ1) is 17.9. The number of nitrogens with zero attached hydrogens (tertiary/aromatic N) is 2. The molecule has 0 unspecified atom stereocenters. The molecule has 1 aliphatic heterocycles. The van der Waals surface area contributed by atoms with Crippen molar-refractivity contribution in [3.05, 3.63) is 67.6 Å². The molecule has 1 saturated heterocycles. The minimum absolute atomic E-state index is 0.130. The molecule has 196 valence electrons. The zero-order valence-corrected chi connectivity index (χ0v) is 23.0. The minimum Gasteiger partial charge on any atom is -0.493 e. The van der Waals surface area contributed by atoms with E-state index in [1.54, 1.807) is 34.5 Å². The van der Waals surface area contributed by atoms with E-state index in [2.05, 4.69) is 10.3 Å². The first-order valence-electron chi connectivity index (χ1n) is 11.6. The number of carbonyl (C=O) groups is 2. The fourth-order valence-electron chi connectivity index (χ4n) is 4.30. The highest BCUT2D eigenvalue weighted by molar-refractivity contribution is 7.09. The van der Waals surface area contributed by atoms with Crippen molar-refractivity contribution in [3.63, 3.8) is 0 Å². The van der Waals surface area contributed by atoms with Gasteiger partial charge < -0.3 is 24.4 Å². The maximum atomic E-state index is 13.3. The Balaban J connectivity index is 1.37. The number of ether oxygens (including phenoxy) is 3. The van der Waals surface area contributed by atoms with Gasteiger partial charge in [-0.25, -0.2) is 4.98 Å². The highest BCUT2D eigenvalue weighted by Gasteiger charge is 2.30. The van der Waals surface area contributed by atoms with Crippen LogP contribution in [0.4, 0.5) is 0 Å². The Hall–Kier alpha value is -3.01. The van der Waals surface area contributed by atoms with Gasteiger partial charge in [0.1, 0.15) is 5.69 Å². The molecule has 1 aromatic heterocycles. The zero-order chi connectivity index (χ0) is 26.5. The van der Waals surface area contributed by atoms with Crippen molar-refractivity contribution >= 4 is 46.4 Å². The number of hydrogen-bond acceptors (Lipinski definition) is 7. The molecule has 1 fully saturated rings. The van der Waals surface area contributed by atoms with Gasteiger partial charge in [-0.3, -0.25) is 9.59 Å². The molecule has 0 radical (unpaired) electrons. The smallest absolute Gasteiger partial charge is 0.271 e. The number of benzene rings is 2. The average Bonchev–Trinajstić information content (AvgIpc) is 3.43. The number of thiazole rings is 1. The normalized spacial score (nSPS) is 13.8. The maximum Gasteiger partial charge on any atom is 0.271 e. The van der Waals surface area contributed by atoms with Crippen LogP contribution in [0.2, 0.25) is 10.0 Å². The number of nitrogens with one attached hydrogen (secondary N) is 1. The fraction of sp³-hybridized carbons (Fsp3) is 0.346. The first-order valence-corrected chi connectivity index (χ1v) is 13.3. The second kappa shape index (κ2) is 12.0. The number of hydrogen-bond donors (Lipinski definition) is 1. The summed E-state index contributed by atoms with van der Waals surface area (Å²) in [5, 5.41) is 6.37. The number of rotatable bonds is 8. The van der Waals surface area contributed by atoms with Gasteiger partial charge >= 0.3 is 0 Å². The molecule has 3 aromatic rings. The summed E-state index contributed by atoms with van der Waals surface area (Å²) in [6.07, 6.45) is 1.49. The van der Waals surface area contributed by atoms with E-state index in [9.17, 15) is 9.59 Å². The third-order valence-corrected chi connectivity index (χ3v) is 8.16. The summed E-state index contributed by atoms with van der Waals surface area (Å²) in [5.41, 5.74) is 1.53. The lowest BCUT2D eigenvalue weighted by atomic mass is 9.97. The third kappa shape index (κ3) is 5.79. The lowest BCUT2D eigenvalue weighted by Crippen LogP contribution is -2.38. The summed E-state index contributed by atoms with van der Waals surface area (Å²) in [7, 11) is 4.54. The van der Waals surface area contributed by atoms with Gasteiger partial charge in [-0.1, -0.05) is 35.3 Å². The molecule has 0 aliphatic carbocycles. The molecule has 0 saturated carbocycles. The molecule has 2 amide bonds. The van der Waals surface area contributed by atoms with Crippen molar-refractivity contribution in [2.24, 2.45) is 0 Å². The Bertz CT molecular complexity index is 1290. The molecule has 8 nitrogen and oxygen atoms in total. The summed E-state index contributed by atoms with van der Waals surface area (Å²) in [4.78, 5) is 32.3. The Kier molecular flexibility index (Phi) is 8.79. The van der Waals surface area contributed by atoms with E-state index < -0.39 is 0 Å². The van der Waals surface area contributed by atoms with Crippen molar-refractivity contribution in [2.75, 3.05) is 34.4 Å². The molecular formula is C26H27Cl2N3O5S. The van der Waals surface area contributed by atoms with Crippen molar-refractivity contribution < 1.29 is 23.8 Å². The average molecular weight is 564 g/mol. The first kappa shape index (κ1) is 27.0. The number of aromatic nitrogens is 1. The van der Waals surface area contributed by atoms with Crippen LogP contribution in [0.5, 0.6) is 17.2 Å². The van der Waals surface area contributed by atoms with Crippen LogP contribution in [0.1, 0.15) is 50.2 Å². The lowest BCUT2D eigenvalue weighted by Gasteiger charge is -2.31. The van der Waals surface area contributed by atoms with Crippen molar-refractivity contribution in [1.29, 1.82) is 0 Å². The van der Waals surface area contributed by atoms with E-state index in [4.69, 9.17) is 37.4 Å². The van der Waals surface area contributed by atoms with Gasteiger partial charge in [-0.15, -0.1) is 11.3 Å². The Morgan fingerprint density at radius 3 is 2.46 bits per heavy atom. The monoisotopic (exact) mass is 563 g/mol. The van der Waals surface area contributed by atoms with Crippen LogP contribution in [0.15, 0.2) is 35.7 Å². The van der Waals surface area contributed by atoms with Gasteiger partial charge in [0.2, 0.25) is 5.75 Å². The summed E-state index contributed by atoms with van der Waals surface area (Å²) in [6.45, 7) is 1.38. The number of likely N-dealkylation sites (tertiary alicyclic amines) is 1. The molecule has 4 rings (SSSR count). The van der Waals surface area contributed by atoms with Gasteiger partial charge in [0.15, 0.2) is 11.5 Å². The molecule has 1 N–H and O–H groups in total. The second-order valence-corrected chi connectivity index (χ2v) is 10.1. The van der Waals surface area contributed by atoms with Gasteiger partial charge in [0.25, 0.3) is 11.8 Å². The highest BCUT2D eigenvalue weighted by atomic mass is 35.5. The predicted octanol–water partition coefficient (Wildman–Crippen LogP) is 5.43.